The number of rotatable bonds is 6. The van der Waals surface area contributed by atoms with Crippen LogP contribution in [0.2, 0.25) is 0 Å². The van der Waals surface area contributed by atoms with Crippen molar-refractivity contribution in [2.24, 2.45) is 0 Å². The molecular formula is C18H22N8O2S. The molecule has 0 aliphatic carbocycles. The molecule has 0 radical (unpaired) electrons. The Balaban J connectivity index is 1.64. The van der Waals surface area contributed by atoms with Gasteiger partial charge in [0.2, 0.25) is 11.1 Å². The van der Waals surface area contributed by atoms with Crippen LogP contribution >= 0.6 is 11.8 Å². The summed E-state index contributed by atoms with van der Waals surface area (Å²) >= 11 is 1.15. The number of hydrogen-bond acceptors (Lipinski definition) is 7. The molecule has 0 bridgehead atoms. The number of aryl methyl sites for hydroxylation is 2. The molecule has 0 fully saturated rings. The van der Waals surface area contributed by atoms with E-state index in [-0.39, 0.29) is 17.6 Å². The van der Waals surface area contributed by atoms with E-state index in [1.807, 2.05) is 19.9 Å². The van der Waals surface area contributed by atoms with E-state index in [0.717, 1.165) is 23.1 Å². The Morgan fingerprint density at radius 3 is 2.62 bits per heavy atom. The average molecular weight is 414 g/mol. The number of benzene rings is 1. The van der Waals surface area contributed by atoms with Crippen LogP contribution < -0.4 is 11.2 Å². The standard InChI is InChI=1S/C18H22N8O2S/c1-11-8-12(2)26(23-11)17-21-22-18(25(17)19)29-10-15(27)20-14-7-5-6-13(9-14)16(28)24(3)4/h5-9H,10,19H2,1-4H3,(H,20,27). The highest BCUT2D eigenvalue weighted by Crippen LogP contribution is 2.18. The lowest BCUT2D eigenvalue weighted by molar-refractivity contribution is -0.113. The van der Waals surface area contributed by atoms with E-state index < -0.39 is 0 Å². The first-order chi connectivity index (χ1) is 13.8. The molecule has 3 rings (SSSR count). The maximum absolute atomic E-state index is 12.3. The van der Waals surface area contributed by atoms with E-state index in [2.05, 4.69) is 20.6 Å². The fourth-order valence-corrected chi connectivity index (χ4v) is 3.31. The number of nitrogens with zero attached hydrogens (tertiary/aromatic N) is 6. The molecule has 2 aromatic heterocycles. The topological polar surface area (TPSA) is 124 Å². The number of anilines is 1. The molecule has 0 spiro atoms. The van der Waals surface area contributed by atoms with Gasteiger partial charge < -0.3 is 16.1 Å². The smallest absolute Gasteiger partial charge is 0.271 e. The Bertz CT molecular complexity index is 1060. The molecule has 0 aliphatic rings. The monoisotopic (exact) mass is 414 g/mol. The summed E-state index contributed by atoms with van der Waals surface area (Å²) in [6, 6.07) is 8.68. The molecule has 0 unspecified atom stereocenters. The zero-order chi connectivity index (χ0) is 21.1. The van der Waals surface area contributed by atoms with Gasteiger partial charge in [-0.3, -0.25) is 9.59 Å². The molecule has 3 N–H and O–H groups in total. The molecule has 1 aromatic carbocycles. The third kappa shape index (κ3) is 4.57. The third-order valence-corrected chi connectivity index (χ3v) is 4.92. The van der Waals surface area contributed by atoms with Gasteiger partial charge in [0.25, 0.3) is 11.9 Å². The van der Waals surface area contributed by atoms with Crippen molar-refractivity contribution >= 4 is 29.3 Å². The van der Waals surface area contributed by atoms with E-state index in [4.69, 9.17) is 5.84 Å². The number of nitrogens with two attached hydrogens (primary N) is 1. The molecular weight excluding hydrogens is 392 g/mol. The average Bonchev–Trinajstić information content (AvgIpc) is 3.20. The van der Waals surface area contributed by atoms with Crippen molar-refractivity contribution in [3.05, 3.63) is 47.3 Å². The molecule has 0 aliphatic heterocycles. The molecule has 2 heterocycles. The van der Waals surface area contributed by atoms with Crippen molar-refractivity contribution in [2.75, 3.05) is 31.0 Å². The molecule has 11 heteroatoms. The predicted octanol–water partition coefficient (Wildman–Crippen LogP) is 1.23. The SMILES string of the molecule is Cc1cc(C)n(-c2nnc(SCC(=O)Nc3cccc(C(=O)N(C)C)c3)n2N)n1. The van der Waals surface area contributed by atoms with E-state index in [1.54, 1.807) is 43.0 Å². The Morgan fingerprint density at radius 1 is 1.21 bits per heavy atom. The minimum Gasteiger partial charge on any atom is -0.345 e. The van der Waals surface area contributed by atoms with Gasteiger partial charge in [0, 0.05) is 31.0 Å². The molecule has 0 saturated heterocycles. The van der Waals surface area contributed by atoms with Crippen LogP contribution in [0.1, 0.15) is 21.7 Å². The first kappa shape index (κ1) is 20.4. The van der Waals surface area contributed by atoms with Gasteiger partial charge in [0.05, 0.1) is 11.4 Å². The van der Waals surface area contributed by atoms with Crippen molar-refractivity contribution in [1.29, 1.82) is 0 Å². The van der Waals surface area contributed by atoms with Crippen molar-refractivity contribution in [1.82, 2.24) is 29.6 Å². The first-order valence-corrected chi connectivity index (χ1v) is 9.73. The molecule has 152 valence electrons. The maximum Gasteiger partial charge on any atom is 0.271 e. The molecule has 0 saturated carbocycles. The van der Waals surface area contributed by atoms with Gasteiger partial charge in [-0.25, -0.2) is 9.36 Å². The number of carbonyl (C=O) groups excluding carboxylic acids is 2. The van der Waals surface area contributed by atoms with Gasteiger partial charge in [-0.1, -0.05) is 17.8 Å². The minimum absolute atomic E-state index is 0.0817. The van der Waals surface area contributed by atoms with E-state index >= 15 is 0 Å². The maximum atomic E-state index is 12.3. The summed E-state index contributed by atoms with van der Waals surface area (Å²) in [7, 11) is 3.35. The van der Waals surface area contributed by atoms with Gasteiger partial charge in [0.15, 0.2) is 0 Å². The number of hydrogen-bond donors (Lipinski definition) is 2. The largest absolute Gasteiger partial charge is 0.345 e. The van der Waals surface area contributed by atoms with Gasteiger partial charge in [-0.15, -0.1) is 10.2 Å². The lowest BCUT2D eigenvalue weighted by atomic mass is 10.2. The Labute approximate surface area is 172 Å². The van der Waals surface area contributed by atoms with Crippen LogP contribution in [0.15, 0.2) is 35.5 Å². The van der Waals surface area contributed by atoms with Crippen molar-refractivity contribution in [3.8, 4) is 5.95 Å². The van der Waals surface area contributed by atoms with Crippen LogP contribution in [0.25, 0.3) is 5.95 Å². The van der Waals surface area contributed by atoms with Gasteiger partial charge in [0.1, 0.15) is 0 Å². The minimum atomic E-state index is -0.250. The second-order valence-electron chi connectivity index (χ2n) is 6.61. The zero-order valence-corrected chi connectivity index (χ0v) is 17.4. The van der Waals surface area contributed by atoms with Gasteiger partial charge in [-0.2, -0.15) is 5.10 Å². The number of nitrogens with one attached hydrogen (secondary N) is 1. The molecule has 0 atom stereocenters. The Kier molecular flexibility index (Phi) is 5.87. The number of amides is 2. The van der Waals surface area contributed by atoms with Crippen LogP contribution in [-0.2, 0) is 4.79 Å². The second kappa shape index (κ2) is 8.35. The highest BCUT2D eigenvalue weighted by molar-refractivity contribution is 7.99. The quantitative estimate of drug-likeness (QED) is 0.459. The fraction of sp³-hybridized carbons (Fsp3) is 0.278. The summed E-state index contributed by atoms with van der Waals surface area (Å²) in [4.78, 5) is 25.8. The molecule has 10 nitrogen and oxygen atoms in total. The van der Waals surface area contributed by atoms with Crippen LogP contribution in [0.3, 0.4) is 0 Å². The van der Waals surface area contributed by atoms with E-state index in [9.17, 15) is 9.59 Å². The summed E-state index contributed by atoms with van der Waals surface area (Å²) in [5.74, 6) is 6.13. The van der Waals surface area contributed by atoms with Crippen LogP contribution in [-0.4, -0.2) is 61.2 Å². The molecule has 2 amide bonds. The third-order valence-electron chi connectivity index (χ3n) is 3.98. The predicted molar refractivity (Wildman–Crippen MR) is 111 cm³/mol. The van der Waals surface area contributed by atoms with Crippen molar-refractivity contribution in [2.45, 2.75) is 19.0 Å². The second-order valence-corrected chi connectivity index (χ2v) is 7.55. The number of carbonyl (C=O) groups is 2. The summed E-state index contributed by atoms with van der Waals surface area (Å²) in [6.07, 6.45) is 0. The molecule has 29 heavy (non-hydrogen) atoms. The summed E-state index contributed by atoms with van der Waals surface area (Å²) < 4.78 is 2.90. The normalized spacial score (nSPS) is 10.8. The summed E-state index contributed by atoms with van der Waals surface area (Å²) in [5.41, 5.74) is 2.76. The van der Waals surface area contributed by atoms with Gasteiger partial charge >= 0.3 is 0 Å². The van der Waals surface area contributed by atoms with Crippen LogP contribution in [0.4, 0.5) is 5.69 Å². The highest BCUT2D eigenvalue weighted by atomic mass is 32.2. The molecule has 3 aromatic rings. The van der Waals surface area contributed by atoms with Crippen LogP contribution in [0, 0.1) is 13.8 Å². The van der Waals surface area contributed by atoms with Gasteiger partial charge in [-0.05, 0) is 38.1 Å². The van der Waals surface area contributed by atoms with E-state index in [1.165, 1.54) is 9.58 Å². The summed E-state index contributed by atoms with van der Waals surface area (Å²) in [6.45, 7) is 3.77. The van der Waals surface area contributed by atoms with E-state index in [0.29, 0.717) is 22.4 Å². The Morgan fingerprint density at radius 2 is 1.97 bits per heavy atom. The van der Waals surface area contributed by atoms with Crippen LogP contribution in [0.5, 0.6) is 0 Å². The fourth-order valence-electron chi connectivity index (χ4n) is 2.66. The zero-order valence-electron chi connectivity index (χ0n) is 16.6. The number of aromatic nitrogens is 5. The first-order valence-electron chi connectivity index (χ1n) is 8.74. The summed E-state index contributed by atoms with van der Waals surface area (Å²) in [5, 5.41) is 15.6. The van der Waals surface area contributed by atoms with Crippen molar-refractivity contribution in [3.63, 3.8) is 0 Å². The lowest BCUT2D eigenvalue weighted by Crippen LogP contribution is -2.22. The van der Waals surface area contributed by atoms with Crippen molar-refractivity contribution < 1.29 is 9.59 Å². The number of thioether (sulfide) groups is 1. The number of nitrogen functional groups attached to an aromatic ring is 1. The Hall–Kier alpha value is -3.34. The highest BCUT2D eigenvalue weighted by Gasteiger charge is 2.16. The lowest BCUT2D eigenvalue weighted by Gasteiger charge is -2.11.